The summed E-state index contributed by atoms with van der Waals surface area (Å²) >= 11 is 3.21. The van der Waals surface area contributed by atoms with Crippen LogP contribution in [-0.4, -0.2) is 35.0 Å². The van der Waals surface area contributed by atoms with Gasteiger partial charge in [-0.3, -0.25) is 0 Å². The Morgan fingerprint density at radius 3 is 2.44 bits per heavy atom. The van der Waals surface area contributed by atoms with E-state index in [1.54, 1.807) is 12.1 Å². The van der Waals surface area contributed by atoms with Crippen LogP contribution in [0.15, 0.2) is 46.9 Å². The number of hydrogen-bond donors (Lipinski definition) is 3. The van der Waals surface area contributed by atoms with Gasteiger partial charge in [0.25, 0.3) is 0 Å². The summed E-state index contributed by atoms with van der Waals surface area (Å²) in [6.45, 7) is 1.25. The highest BCUT2D eigenvalue weighted by Crippen LogP contribution is 2.32. The third kappa shape index (κ3) is 6.79. The molecule has 2 aliphatic rings. The predicted octanol–water partition coefficient (Wildman–Crippen LogP) is 6.63. The van der Waals surface area contributed by atoms with E-state index in [1.807, 2.05) is 24.3 Å². The van der Waals surface area contributed by atoms with Gasteiger partial charge in [-0.1, -0.05) is 34.1 Å². The molecule has 0 aliphatic heterocycles. The largest absolute Gasteiger partial charge is 0.573 e. The summed E-state index contributed by atoms with van der Waals surface area (Å²) in [6, 6.07) is 13.2. The first kappa shape index (κ1) is 25.1. The SMILES string of the molecule is FC(F)(F)Oc1cc(Br)ccc1CNC1CCC(Nc2nc(NCC3CC3)c3ccccc3n2)CC1. The monoisotopic (exact) mass is 563 g/mol. The average molecular weight is 564 g/mol. The summed E-state index contributed by atoms with van der Waals surface area (Å²) in [6.07, 6.45) is 1.48. The number of nitrogens with zero attached hydrogens (tertiary/aromatic N) is 2. The van der Waals surface area contributed by atoms with Gasteiger partial charge in [-0.2, -0.15) is 4.98 Å². The molecule has 0 amide bonds. The fourth-order valence-electron chi connectivity index (χ4n) is 4.61. The van der Waals surface area contributed by atoms with E-state index >= 15 is 0 Å². The third-order valence-corrected chi connectivity index (χ3v) is 7.25. The molecule has 0 atom stereocenters. The summed E-state index contributed by atoms with van der Waals surface area (Å²) in [5, 5.41) is 11.4. The first-order valence-electron chi connectivity index (χ1n) is 12.4. The van der Waals surface area contributed by atoms with Crippen molar-refractivity contribution in [2.75, 3.05) is 17.2 Å². The van der Waals surface area contributed by atoms with E-state index in [-0.39, 0.29) is 17.8 Å². The number of alkyl halides is 3. The Morgan fingerprint density at radius 1 is 0.944 bits per heavy atom. The third-order valence-electron chi connectivity index (χ3n) is 6.75. The van der Waals surface area contributed by atoms with Gasteiger partial charge in [-0.15, -0.1) is 13.2 Å². The zero-order valence-electron chi connectivity index (χ0n) is 19.7. The molecule has 10 heteroatoms. The smallest absolute Gasteiger partial charge is 0.405 e. The van der Waals surface area contributed by atoms with Crippen LogP contribution >= 0.6 is 15.9 Å². The summed E-state index contributed by atoms with van der Waals surface area (Å²) in [5.74, 6) is 2.06. The van der Waals surface area contributed by atoms with Crippen molar-refractivity contribution in [3.8, 4) is 5.75 Å². The average Bonchev–Trinajstić information content (AvgIpc) is 3.67. The molecule has 2 aliphatic carbocycles. The predicted molar refractivity (Wildman–Crippen MR) is 138 cm³/mol. The maximum absolute atomic E-state index is 12.8. The van der Waals surface area contributed by atoms with Crippen molar-refractivity contribution in [2.24, 2.45) is 5.92 Å². The molecule has 0 saturated heterocycles. The van der Waals surface area contributed by atoms with Crippen LogP contribution in [0.2, 0.25) is 0 Å². The molecule has 1 heterocycles. The lowest BCUT2D eigenvalue weighted by Crippen LogP contribution is -2.37. The molecular weight excluding hydrogens is 535 g/mol. The standard InChI is InChI=1S/C26H29BrF3N5O/c27-18-8-7-17(23(13-18)36-26(28,29)30)15-31-19-9-11-20(12-10-19)33-25-34-22-4-2-1-3-21(22)24(35-25)32-14-16-5-6-16/h1-4,7-8,13,16,19-20,31H,5-6,9-12,14-15H2,(H2,32,33,34,35). The highest BCUT2D eigenvalue weighted by atomic mass is 79.9. The summed E-state index contributed by atoms with van der Waals surface area (Å²) in [4.78, 5) is 9.50. The van der Waals surface area contributed by atoms with Gasteiger partial charge in [0, 0.05) is 40.6 Å². The first-order chi connectivity index (χ1) is 17.3. The molecule has 2 fully saturated rings. The molecule has 3 aromatic rings. The molecule has 0 spiro atoms. The lowest BCUT2D eigenvalue weighted by molar-refractivity contribution is -0.274. The maximum Gasteiger partial charge on any atom is 0.573 e. The van der Waals surface area contributed by atoms with Crippen molar-refractivity contribution in [3.63, 3.8) is 0 Å². The normalized spacial score (nSPS) is 20.3. The van der Waals surface area contributed by atoms with Crippen molar-refractivity contribution >= 4 is 38.6 Å². The molecule has 2 aromatic carbocycles. The minimum Gasteiger partial charge on any atom is -0.405 e. The van der Waals surface area contributed by atoms with E-state index in [1.165, 1.54) is 18.9 Å². The molecule has 0 unspecified atom stereocenters. The molecule has 192 valence electrons. The van der Waals surface area contributed by atoms with Crippen molar-refractivity contribution in [3.05, 3.63) is 52.5 Å². The first-order valence-corrected chi connectivity index (χ1v) is 13.2. The zero-order chi connectivity index (χ0) is 25.1. The van der Waals surface area contributed by atoms with Crippen LogP contribution in [0.25, 0.3) is 10.9 Å². The Morgan fingerprint density at radius 2 is 1.69 bits per heavy atom. The summed E-state index contributed by atoms with van der Waals surface area (Å²) in [5.41, 5.74) is 1.39. The quantitative estimate of drug-likeness (QED) is 0.271. The number of halogens is 4. The highest BCUT2D eigenvalue weighted by Gasteiger charge is 2.32. The van der Waals surface area contributed by atoms with Gasteiger partial charge >= 0.3 is 6.36 Å². The van der Waals surface area contributed by atoms with Crippen molar-refractivity contribution in [1.82, 2.24) is 15.3 Å². The van der Waals surface area contributed by atoms with Crippen LogP contribution in [0.5, 0.6) is 5.75 Å². The van der Waals surface area contributed by atoms with Gasteiger partial charge in [0.05, 0.1) is 5.52 Å². The Hall–Kier alpha value is -2.59. The topological polar surface area (TPSA) is 71.1 Å². The minimum atomic E-state index is -4.72. The zero-order valence-corrected chi connectivity index (χ0v) is 21.3. The van der Waals surface area contributed by atoms with Gasteiger partial charge in [-0.05, 0) is 68.7 Å². The second-order valence-corrected chi connectivity index (χ2v) is 10.5. The fraction of sp³-hybridized carbons (Fsp3) is 0.462. The van der Waals surface area contributed by atoms with Gasteiger partial charge < -0.3 is 20.7 Å². The van der Waals surface area contributed by atoms with E-state index in [4.69, 9.17) is 9.97 Å². The van der Waals surface area contributed by atoms with Crippen LogP contribution in [-0.2, 0) is 6.54 Å². The number of nitrogens with one attached hydrogen (secondary N) is 3. The Labute approximate surface area is 216 Å². The molecule has 0 radical (unpaired) electrons. The molecule has 1 aromatic heterocycles. The van der Waals surface area contributed by atoms with Gasteiger partial charge in [-0.25, -0.2) is 4.98 Å². The van der Waals surface area contributed by atoms with E-state index in [0.29, 0.717) is 22.5 Å². The molecule has 3 N–H and O–H groups in total. The molecule has 2 saturated carbocycles. The maximum atomic E-state index is 12.8. The lowest BCUT2D eigenvalue weighted by atomic mass is 9.91. The summed E-state index contributed by atoms with van der Waals surface area (Å²) < 4.78 is 43.1. The second-order valence-electron chi connectivity index (χ2n) is 9.61. The van der Waals surface area contributed by atoms with Crippen LogP contribution < -0.4 is 20.7 Å². The number of anilines is 2. The number of rotatable bonds is 9. The second kappa shape index (κ2) is 10.8. The number of fused-ring (bicyclic) bond motifs is 1. The van der Waals surface area contributed by atoms with E-state index in [0.717, 1.165) is 54.9 Å². The molecule has 36 heavy (non-hydrogen) atoms. The molecule has 6 nitrogen and oxygen atoms in total. The minimum absolute atomic E-state index is 0.181. The van der Waals surface area contributed by atoms with Crippen molar-refractivity contribution in [2.45, 2.75) is 63.5 Å². The van der Waals surface area contributed by atoms with Crippen LogP contribution in [0.3, 0.4) is 0 Å². The highest BCUT2D eigenvalue weighted by molar-refractivity contribution is 9.10. The van der Waals surface area contributed by atoms with Crippen molar-refractivity contribution < 1.29 is 17.9 Å². The Bertz CT molecular complexity index is 1200. The summed E-state index contributed by atoms with van der Waals surface area (Å²) in [7, 11) is 0. The van der Waals surface area contributed by atoms with Crippen LogP contribution in [0.4, 0.5) is 24.9 Å². The Balaban J connectivity index is 1.16. The van der Waals surface area contributed by atoms with Gasteiger partial charge in [0.15, 0.2) is 0 Å². The van der Waals surface area contributed by atoms with Crippen LogP contribution in [0, 0.1) is 5.92 Å². The van der Waals surface area contributed by atoms with E-state index < -0.39 is 6.36 Å². The lowest BCUT2D eigenvalue weighted by Gasteiger charge is -2.30. The van der Waals surface area contributed by atoms with E-state index in [2.05, 4.69) is 36.6 Å². The number of para-hydroxylation sites is 1. The van der Waals surface area contributed by atoms with Crippen molar-refractivity contribution in [1.29, 1.82) is 0 Å². The number of aromatic nitrogens is 2. The molecular formula is C26H29BrF3N5O. The number of benzene rings is 2. The molecule has 0 bridgehead atoms. The van der Waals surface area contributed by atoms with Crippen LogP contribution in [0.1, 0.15) is 44.1 Å². The Kier molecular flexibility index (Phi) is 7.52. The number of ether oxygens (including phenoxy) is 1. The number of hydrogen-bond acceptors (Lipinski definition) is 6. The van der Waals surface area contributed by atoms with E-state index in [9.17, 15) is 13.2 Å². The fourth-order valence-corrected chi connectivity index (χ4v) is 4.95. The van der Waals surface area contributed by atoms with Gasteiger partial charge in [0.1, 0.15) is 11.6 Å². The molecule has 5 rings (SSSR count). The van der Waals surface area contributed by atoms with Gasteiger partial charge in [0.2, 0.25) is 5.95 Å².